The Bertz CT molecular complexity index is 317. The summed E-state index contributed by atoms with van der Waals surface area (Å²) in [5.41, 5.74) is 0. The van der Waals surface area contributed by atoms with Gasteiger partial charge < -0.3 is 39.4 Å². The SMILES string of the molecule is O=C(O)CCCCC(=O)O.OCC1COCCO1.OCC1COCCO1. The van der Waals surface area contributed by atoms with Gasteiger partial charge in [0.25, 0.3) is 0 Å². The number of rotatable bonds is 7. The summed E-state index contributed by atoms with van der Waals surface area (Å²) in [7, 11) is 0. The van der Waals surface area contributed by atoms with E-state index in [0.717, 1.165) is 0 Å². The van der Waals surface area contributed by atoms with E-state index in [-0.39, 0.29) is 38.3 Å². The molecule has 4 N–H and O–H groups in total. The molecule has 2 unspecified atom stereocenters. The lowest BCUT2D eigenvalue weighted by molar-refractivity contribution is -0.139. The van der Waals surface area contributed by atoms with Crippen LogP contribution in [-0.2, 0) is 28.5 Å². The zero-order valence-corrected chi connectivity index (χ0v) is 14.9. The lowest BCUT2D eigenvalue weighted by Gasteiger charge is -2.20. The fourth-order valence-corrected chi connectivity index (χ4v) is 1.84. The number of ether oxygens (including phenoxy) is 4. The molecule has 0 spiro atoms. The third-order valence-corrected chi connectivity index (χ3v) is 3.21. The molecule has 26 heavy (non-hydrogen) atoms. The first-order valence-electron chi connectivity index (χ1n) is 8.53. The molecule has 154 valence electrons. The molecule has 0 aliphatic carbocycles. The van der Waals surface area contributed by atoms with E-state index in [9.17, 15) is 9.59 Å². The first kappa shape index (κ1) is 24.7. The second kappa shape index (κ2) is 17.1. The molecule has 0 aromatic heterocycles. The zero-order chi connectivity index (χ0) is 19.6. The van der Waals surface area contributed by atoms with Gasteiger partial charge in [0, 0.05) is 12.8 Å². The van der Waals surface area contributed by atoms with Crippen molar-refractivity contribution in [2.24, 2.45) is 0 Å². The first-order valence-corrected chi connectivity index (χ1v) is 8.53. The number of carbonyl (C=O) groups is 2. The second-order valence-electron chi connectivity index (χ2n) is 5.50. The largest absolute Gasteiger partial charge is 0.481 e. The molecule has 0 aromatic carbocycles. The molecule has 0 bridgehead atoms. The summed E-state index contributed by atoms with van der Waals surface area (Å²) >= 11 is 0. The van der Waals surface area contributed by atoms with Gasteiger partial charge in [-0.1, -0.05) is 0 Å². The molecule has 2 fully saturated rings. The molecule has 0 radical (unpaired) electrons. The lowest BCUT2D eigenvalue weighted by atomic mass is 10.2. The van der Waals surface area contributed by atoms with Crippen LogP contribution in [0.5, 0.6) is 0 Å². The van der Waals surface area contributed by atoms with Crippen LogP contribution in [0.1, 0.15) is 25.7 Å². The van der Waals surface area contributed by atoms with E-state index in [2.05, 4.69) is 0 Å². The van der Waals surface area contributed by atoms with Gasteiger partial charge in [-0.15, -0.1) is 0 Å². The molecule has 2 saturated heterocycles. The van der Waals surface area contributed by atoms with E-state index < -0.39 is 11.9 Å². The highest BCUT2D eigenvalue weighted by Gasteiger charge is 2.12. The van der Waals surface area contributed by atoms with E-state index >= 15 is 0 Å². The molecule has 2 rings (SSSR count). The van der Waals surface area contributed by atoms with Crippen LogP contribution in [0.15, 0.2) is 0 Å². The standard InChI is InChI=1S/C6H10O4.2C5H10O3/c7-5(8)3-1-2-4-6(9)10;2*6-3-5-4-7-1-2-8-5/h1-4H2,(H,7,8)(H,9,10);2*5-6H,1-4H2. The van der Waals surface area contributed by atoms with Crippen LogP contribution in [0.4, 0.5) is 0 Å². The first-order chi connectivity index (χ1) is 12.5. The summed E-state index contributed by atoms with van der Waals surface area (Å²) in [6, 6.07) is 0. The third kappa shape index (κ3) is 16.2. The molecule has 2 aliphatic heterocycles. The molecule has 2 atom stereocenters. The number of aliphatic hydroxyl groups is 2. The van der Waals surface area contributed by atoms with Crippen molar-refractivity contribution in [3.8, 4) is 0 Å². The average molecular weight is 382 g/mol. The topological polar surface area (TPSA) is 152 Å². The minimum atomic E-state index is -0.870. The van der Waals surface area contributed by atoms with Gasteiger partial charge in [0.2, 0.25) is 0 Å². The Morgan fingerprint density at radius 1 is 0.731 bits per heavy atom. The Balaban J connectivity index is 0.000000363. The summed E-state index contributed by atoms with van der Waals surface area (Å²) in [5, 5.41) is 33.2. The van der Waals surface area contributed by atoms with Crippen LogP contribution in [0, 0.1) is 0 Å². The monoisotopic (exact) mass is 382 g/mol. The number of hydrogen-bond acceptors (Lipinski definition) is 8. The molecule has 2 heterocycles. The molecule has 0 aromatic rings. The van der Waals surface area contributed by atoms with Crippen molar-refractivity contribution in [1.29, 1.82) is 0 Å². The van der Waals surface area contributed by atoms with Crippen molar-refractivity contribution in [2.75, 3.05) is 52.9 Å². The van der Waals surface area contributed by atoms with Crippen molar-refractivity contribution in [3.63, 3.8) is 0 Å². The van der Waals surface area contributed by atoms with Gasteiger partial charge in [-0.05, 0) is 12.8 Å². The highest BCUT2D eigenvalue weighted by atomic mass is 16.6. The Morgan fingerprint density at radius 3 is 1.31 bits per heavy atom. The van der Waals surface area contributed by atoms with E-state index in [0.29, 0.717) is 52.5 Å². The minimum absolute atomic E-state index is 0.0628. The van der Waals surface area contributed by atoms with Crippen molar-refractivity contribution in [2.45, 2.75) is 37.9 Å². The normalized spacial score (nSPS) is 22.2. The Morgan fingerprint density at radius 2 is 1.12 bits per heavy atom. The molecule has 2 aliphatic rings. The summed E-state index contributed by atoms with van der Waals surface area (Å²) < 4.78 is 20.1. The maximum absolute atomic E-state index is 9.90. The quantitative estimate of drug-likeness (QED) is 0.424. The Kier molecular flexibility index (Phi) is 16.3. The van der Waals surface area contributed by atoms with E-state index in [1.54, 1.807) is 0 Å². The van der Waals surface area contributed by atoms with Crippen LogP contribution < -0.4 is 0 Å². The lowest BCUT2D eigenvalue weighted by Crippen LogP contribution is -2.31. The molecular weight excluding hydrogens is 352 g/mol. The molecular formula is C16H30O10. The Hall–Kier alpha value is -1.30. The van der Waals surface area contributed by atoms with E-state index in [4.69, 9.17) is 39.4 Å². The number of carboxylic acids is 2. The molecule has 10 nitrogen and oxygen atoms in total. The van der Waals surface area contributed by atoms with Gasteiger partial charge in [-0.25, -0.2) is 0 Å². The minimum Gasteiger partial charge on any atom is -0.481 e. The van der Waals surface area contributed by atoms with Gasteiger partial charge in [-0.2, -0.15) is 0 Å². The molecule has 0 saturated carbocycles. The van der Waals surface area contributed by atoms with Crippen molar-refractivity contribution < 1.29 is 49.0 Å². The second-order valence-corrected chi connectivity index (χ2v) is 5.50. The number of aliphatic hydroxyl groups excluding tert-OH is 2. The fraction of sp³-hybridized carbons (Fsp3) is 0.875. The number of aliphatic carboxylic acids is 2. The van der Waals surface area contributed by atoms with E-state index in [1.165, 1.54) is 0 Å². The van der Waals surface area contributed by atoms with Crippen LogP contribution in [0.2, 0.25) is 0 Å². The van der Waals surface area contributed by atoms with Crippen molar-refractivity contribution >= 4 is 11.9 Å². The predicted molar refractivity (Wildman–Crippen MR) is 89.0 cm³/mol. The van der Waals surface area contributed by atoms with Gasteiger partial charge in [0.15, 0.2) is 0 Å². The molecule has 10 heteroatoms. The Labute approximate surface area is 152 Å². The van der Waals surface area contributed by atoms with Crippen LogP contribution in [0.3, 0.4) is 0 Å². The van der Waals surface area contributed by atoms with Crippen molar-refractivity contribution in [1.82, 2.24) is 0 Å². The summed E-state index contributed by atoms with van der Waals surface area (Å²) in [5.74, 6) is -1.74. The van der Waals surface area contributed by atoms with Gasteiger partial charge >= 0.3 is 11.9 Å². The summed E-state index contributed by atoms with van der Waals surface area (Å²) in [4.78, 5) is 19.8. The predicted octanol–water partition coefficient (Wildman–Crippen LogP) is -0.496. The van der Waals surface area contributed by atoms with Gasteiger partial charge in [0.05, 0.1) is 52.9 Å². The van der Waals surface area contributed by atoms with E-state index in [1.807, 2.05) is 0 Å². The summed E-state index contributed by atoms with van der Waals surface area (Å²) in [6.07, 6.45) is 0.858. The highest BCUT2D eigenvalue weighted by Crippen LogP contribution is 1.99. The van der Waals surface area contributed by atoms with Crippen molar-refractivity contribution in [3.05, 3.63) is 0 Å². The van der Waals surface area contributed by atoms with Gasteiger partial charge in [-0.3, -0.25) is 9.59 Å². The maximum atomic E-state index is 9.90. The van der Waals surface area contributed by atoms with Crippen LogP contribution in [-0.4, -0.2) is 97.4 Å². The number of unbranched alkanes of at least 4 members (excludes halogenated alkanes) is 1. The maximum Gasteiger partial charge on any atom is 0.303 e. The number of hydrogen-bond donors (Lipinski definition) is 4. The zero-order valence-electron chi connectivity index (χ0n) is 14.9. The third-order valence-electron chi connectivity index (χ3n) is 3.21. The highest BCUT2D eigenvalue weighted by molar-refractivity contribution is 5.67. The van der Waals surface area contributed by atoms with Gasteiger partial charge in [0.1, 0.15) is 12.2 Å². The smallest absolute Gasteiger partial charge is 0.303 e. The number of carboxylic acid groups (broad SMARTS) is 2. The summed E-state index contributed by atoms with van der Waals surface area (Å²) in [6.45, 7) is 3.77. The van der Waals surface area contributed by atoms with Crippen LogP contribution in [0.25, 0.3) is 0 Å². The molecule has 0 amide bonds. The average Bonchev–Trinajstić information content (AvgIpc) is 2.67. The fourth-order valence-electron chi connectivity index (χ4n) is 1.84. The van der Waals surface area contributed by atoms with Crippen LogP contribution >= 0.6 is 0 Å².